The number of aromatic nitrogens is 4. The second-order valence-corrected chi connectivity index (χ2v) is 8.91. The van der Waals surface area contributed by atoms with Crippen LogP contribution >= 0.6 is 0 Å². The smallest absolute Gasteiger partial charge is 0.336 e. The van der Waals surface area contributed by atoms with Crippen LogP contribution < -0.4 is 0 Å². The molecule has 5 rings (SSSR count). The van der Waals surface area contributed by atoms with E-state index in [0.717, 1.165) is 6.42 Å². The minimum absolute atomic E-state index is 0.0552. The van der Waals surface area contributed by atoms with Gasteiger partial charge in [-0.2, -0.15) is 0 Å². The molecule has 1 N–H and O–H groups in total. The quantitative estimate of drug-likeness (QED) is 0.663. The maximum atomic E-state index is 14.6. The maximum Gasteiger partial charge on any atom is 0.336 e. The third-order valence-electron chi connectivity index (χ3n) is 7.12. The van der Waals surface area contributed by atoms with Crippen molar-refractivity contribution in [3.63, 3.8) is 0 Å². The van der Waals surface area contributed by atoms with E-state index < -0.39 is 17.3 Å². The second kappa shape index (κ2) is 8.31. The van der Waals surface area contributed by atoms with Crippen molar-refractivity contribution in [2.75, 3.05) is 32.8 Å². The molecule has 1 amide bonds. The average Bonchev–Trinajstić information content (AvgIpc) is 3.53. The zero-order valence-corrected chi connectivity index (χ0v) is 18.3. The van der Waals surface area contributed by atoms with Gasteiger partial charge in [0, 0.05) is 24.7 Å². The predicted molar refractivity (Wildman–Crippen MR) is 112 cm³/mol. The largest absolute Gasteiger partial charge is 0.456 e. The van der Waals surface area contributed by atoms with E-state index in [4.69, 9.17) is 4.74 Å². The van der Waals surface area contributed by atoms with Gasteiger partial charge in [0.05, 0.1) is 28.5 Å². The third-order valence-corrected chi connectivity index (χ3v) is 7.12. The van der Waals surface area contributed by atoms with E-state index in [9.17, 15) is 19.1 Å². The fourth-order valence-electron chi connectivity index (χ4n) is 5.01. The molecule has 1 aromatic heterocycles. The van der Waals surface area contributed by atoms with Crippen molar-refractivity contribution in [1.82, 2.24) is 30.0 Å². The Morgan fingerprint density at radius 1 is 1.21 bits per heavy atom. The number of amides is 1. The van der Waals surface area contributed by atoms with Gasteiger partial charge in [-0.1, -0.05) is 6.07 Å². The Morgan fingerprint density at radius 3 is 2.61 bits per heavy atom. The molecule has 1 atom stereocenters. The molecule has 0 bridgehead atoms. The number of likely N-dealkylation sites (tertiary alicyclic amines) is 2. The van der Waals surface area contributed by atoms with E-state index in [-0.39, 0.29) is 30.6 Å². The number of tetrazole rings is 1. The van der Waals surface area contributed by atoms with Crippen molar-refractivity contribution in [2.45, 2.75) is 32.3 Å². The number of halogens is 1. The van der Waals surface area contributed by atoms with Crippen LogP contribution in [0.2, 0.25) is 0 Å². The fourth-order valence-corrected chi connectivity index (χ4v) is 5.01. The number of β-amino-alcohol motifs (C(OH)–C–C–N with tert-alkyl or cyclic N) is 1. The number of ether oxygens (including phenoxy) is 1. The summed E-state index contributed by atoms with van der Waals surface area (Å²) in [5.74, 6) is -0.831. The first kappa shape index (κ1) is 21.7. The average molecular weight is 456 g/mol. The highest BCUT2D eigenvalue weighted by Gasteiger charge is 2.50. The normalized spacial score (nSPS) is 21.8. The van der Waals surface area contributed by atoms with Crippen LogP contribution in [-0.4, -0.2) is 79.8 Å². The number of carbonyl (C=O) groups is 2. The summed E-state index contributed by atoms with van der Waals surface area (Å²) >= 11 is 0. The van der Waals surface area contributed by atoms with E-state index >= 15 is 0 Å². The molecule has 4 heterocycles. The Morgan fingerprint density at radius 2 is 1.97 bits per heavy atom. The summed E-state index contributed by atoms with van der Waals surface area (Å²) in [6.45, 7) is 3.98. The highest BCUT2D eigenvalue weighted by Crippen LogP contribution is 2.44. The molecule has 0 aliphatic carbocycles. The SMILES string of the molecule is CC1=C(N2CCC3(CCN(C[C@H](O)c4ccc(-n5cnnn5)cc4F)CC3)C2=O)COC1=O. The van der Waals surface area contributed by atoms with Crippen molar-refractivity contribution in [2.24, 2.45) is 5.41 Å². The van der Waals surface area contributed by atoms with E-state index in [2.05, 4.69) is 20.4 Å². The van der Waals surface area contributed by atoms with E-state index in [1.54, 1.807) is 24.0 Å². The summed E-state index contributed by atoms with van der Waals surface area (Å²) < 4.78 is 21.1. The monoisotopic (exact) mass is 456 g/mol. The van der Waals surface area contributed by atoms with Gasteiger partial charge in [0.2, 0.25) is 5.91 Å². The first-order valence-corrected chi connectivity index (χ1v) is 11.0. The fraction of sp³-hybridized carbons (Fsp3) is 0.500. The highest BCUT2D eigenvalue weighted by molar-refractivity contribution is 5.94. The lowest BCUT2D eigenvalue weighted by molar-refractivity contribution is -0.138. The molecule has 2 fully saturated rings. The van der Waals surface area contributed by atoms with Gasteiger partial charge in [0.15, 0.2) is 0 Å². The van der Waals surface area contributed by atoms with E-state index in [1.165, 1.54) is 17.1 Å². The van der Waals surface area contributed by atoms with Crippen LogP contribution in [-0.2, 0) is 14.3 Å². The molecule has 2 aromatic rings. The number of esters is 1. The third kappa shape index (κ3) is 3.80. The van der Waals surface area contributed by atoms with Gasteiger partial charge in [-0.15, -0.1) is 5.10 Å². The first-order chi connectivity index (χ1) is 15.9. The molecule has 1 spiro atoms. The number of aliphatic hydroxyl groups is 1. The molecule has 11 heteroatoms. The van der Waals surface area contributed by atoms with Crippen LogP contribution in [0.4, 0.5) is 4.39 Å². The van der Waals surface area contributed by atoms with Crippen molar-refractivity contribution in [3.8, 4) is 5.69 Å². The number of carbonyl (C=O) groups excluding carboxylic acids is 2. The lowest BCUT2D eigenvalue weighted by Crippen LogP contribution is -2.45. The molecule has 0 saturated carbocycles. The van der Waals surface area contributed by atoms with Crippen molar-refractivity contribution in [1.29, 1.82) is 0 Å². The number of hydrogen-bond acceptors (Lipinski definition) is 8. The predicted octanol–water partition coefficient (Wildman–Crippen LogP) is 0.980. The molecular formula is C22H25FN6O4. The standard InChI is InChI=1S/C22H25FN6O4/c1-14-18(12-33-20(14)31)28-9-6-22(21(28)32)4-7-27(8-5-22)11-19(30)16-3-2-15(10-17(16)23)29-13-24-25-26-29/h2-3,10,13,19,30H,4-9,11-12H2,1H3/t19-/m0/s1. The number of aliphatic hydroxyl groups excluding tert-OH is 1. The summed E-state index contributed by atoms with van der Waals surface area (Å²) in [7, 11) is 0. The van der Waals surface area contributed by atoms with E-state index in [1.807, 2.05) is 0 Å². The number of piperidine rings is 1. The van der Waals surface area contributed by atoms with Crippen LogP contribution in [0.3, 0.4) is 0 Å². The molecule has 3 aliphatic heterocycles. The number of hydrogen-bond donors (Lipinski definition) is 1. The number of rotatable bonds is 5. The minimum atomic E-state index is -0.993. The first-order valence-electron chi connectivity index (χ1n) is 11.0. The van der Waals surface area contributed by atoms with Crippen molar-refractivity contribution >= 4 is 11.9 Å². The molecule has 33 heavy (non-hydrogen) atoms. The highest BCUT2D eigenvalue weighted by atomic mass is 19.1. The molecule has 10 nitrogen and oxygen atoms in total. The van der Waals surface area contributed by atoms with Crippen LogP contribution in [0.15, 0.2) is 35.8 Å². The van der Waals surface area contributed by atoms with Crippen molar-refractivity contribution < 1.29 is 23.8 Å². The number of nitrogens with zero attached hydrogens (tertiary/aromatic N) is 6. The summed E-state index contributed by atoms with van der Waals surface area (Å²) in [6.07, 6.45) is 2.44. The topological polar surface area (TPSA) is 114 Å². The number of benzene rings is 1. The lowest BCUT2D eigenvalue weighted by atomic mass is 9.77. The Kier molecular flexibility index (Phi) is 5.45. The maximum absolute atomic E-state index is 14.6. The zero-order chi connectivity index (χ0) is 23.2. The van der Waals surface area contributed by atoms with Crippen LogP contribution in [0, 0.1) is 11.2 Å². The Hall–Kier alpha value is -3.18. The van der Waals surface area contributed by atoms with Crippen molar-refractivity contribution in [3.05, 3.63) is 47.2 Å². The Bertz CT molecular complexity index is 1110. The van der Waals surface area contributed by atoms with Gasteiger partial charge < -0.3 is 19.6 Å². The van der Waals surface area contributed by atoms with Gasteiger partial charge in [0.25, 0.3) is 0 Å². The summed E-state index contributed by atoms with van der Waals surface area (Å²) in [6, 6.07) is 4.49. The van der Waals surface area contributed by atoms with Crippen LogP contribution in [0.1, 0.15) is 37.9 Å². The molecule has 0 radical (unpaired) electrons. The molecule has 174 valence electrons. The van der Waals surface area contributed by atoms with E-state index in [0.29, 0.717) is 49.4 Å². The molecule has 2 saturated heterocycles. The zero-order valence-electron chi connectivity index (χ0n) is 18.3. The molecule has 3 aliphatic rings. The molecular weight excluding hydrogens is 431 g/mol. The van der Waals surface area contributed by atoms with Gasteiger partial charge in [-0.3, -0.25) is 4.79 Å². The van der Waals surface area contributed by atoms with Gasteiger partial charge >= 0.3 is 5.97 Å². The molecule has 0 unspecified atom stereocenters. The summed E-state index contributed by atoms with van der Waals surface area (Å²) in [5, 5.41) is 21.5. The Balaban J connectivity index is 1.21. The van der Waals surface area contributed by atoms with Gasteiger partial charge in [-0.05, 0) is 55.8 Å². The lowest BCUT2D eigenvalue weighted by Gasteiger charge is -2.38. The van der Waals surface area contributed by atoms with Crippen LogP contribution in [0.25, 0.3) is 5.69 Å². The second-order valence-electron chi connectivity index (χ2n) is 8.91. The summed E-state index contributed by atoms with van der Waals surface area (Å²) in [5.41, 5.74) is 1.43. The van der Waals surface area contributed by atoms with Gasteiger partial charge in [0.1, 0.15) is 18.8 Å². The minimum Gasteiger partial charge on any atom is -0.456 e. The summed E-state index contributed by atoms with van der Waals surface area (Å²) in [4.78, 5) is 28.7. The Labute approximate surface area is 189 Å². The number of cyclic esters (lactones) is 1. The van der Waals surface area contributed by atoms with Gasteiger partial charge in [-0.25, -0.2) is 13.9 Å². The van der Waals surface area contributed by atoms with Crippen LogP contribution in [0.5, 0.6) is 0 Å². The molecule has 1 aromatic carbocycles.